The van der Waals surface area contributed by atoms with Crippen LogP contribution in [0.4, 0.5) is 5.69 Å². The Hall–Kier alpha value is -2.13. The van der Waals surface area contributed by atoms with Gasteiger partial charge >= 0.3 is 0 Å². The summed E-state index contributed by atoms with van der Waals surface area (Å²) in [7, 11) is 1.65. The van der Waals surface area contributed by atoms with Crippen molar-refractivity contribution in [3.05, 3.63) is 66.2 Å². The summed E-state index contributed by atoms with van der Waals surface area (Å²) in [5.41, 5.74) is 1.70. The van der Waals surface area contributed by atoms with Gasteiger partial charge in [-0.25, -0.2) is 0 Å². The lowest BCUT2D eigenvalue weighted by atomic mass is 10.1. The lowest BCUT2D eigenvalue weighted by Crippen LogP contribution is -2.38. The summed E-state index contributed by atoms with van der Waals surface area (Å²) in [6.07, 6.45) is -0.162. The van der Waals surface area contributed by atoms with Crippen molar-refractivity contribution in [2.75, 3.05) is 18.6 Å². The zero-order valence-corrected chi connectivity index (χ0v) is 11.8. The number of nitrogens with zero attached hydrogens (tertiary/aromatic N) is 1. The molecule has 0 aliphatic carbocycles. The summed E-state index contributed by atoms with van der Waals surface area (Å²) < 4.78 is 5.38. The van der Waals surface area contributed by atoms with Crippen LogP contribution in [0.1, 0.15) is 17.3 Å². The monoisotopic (exact) mass is 269 g/mol. The lowest BCUT2D eigenvalue weighted by molar-refractivity contribution is 0.0921. The predicted molar refractivity (Wildman–Crippen MR) is 81.0 cm³/mol. The molecule has 1 atom stereocenters. The molecule has 0 aliphatic rings. The number of hydrogen-bond donors (Lipinski definition) is 0. The summed E-state index contributed by atoms with van der Waals surface area (Å²) in [5, 5.41) is 0. The van der Waals surface area contributed by atoms with Crippen molar-refractivity contribution >= 4 is 11.5 Å². The van der Waals surface area contributed by atoms with Gasteiger partial charge in [-0.2, -0.15) is 0 Å². The Kier molecular flexibility index (Phi) is 4.91. The quantitative estimate of drug-likeness (QED) is 0.595. The zero-order chi connectivity index (χ0) is 14.4. The van der Waals surface area contributed by atoms with E-state index in [-0.39, 0.29) is 12.0 Å². The largest absolute Gasteiger partial charge is 0.362 e. The molecule has 0 amide bonds. The van der Waals surface area contributed by atoms with Crippen LogP contribution in [0, 0.1) is 0 Å². The van der Waals surface area contributed by atoms with Crippen LogP contribution in [0.15, 0.2) is 60.7 Å². The molecule has 0 fully saturated rings. The Bertz CT molecular complexity index is 539. The van der Waals surface area contributed by atoms with Crippen molar-refractivity contribution < 1.29 is 9.53 Å². The second-order valence-electron chi connectivity index (χ2n) is 4.59. The Balaban J connectivity index is 2.19. The number of hydrogen-bond acceptors (Lipinski definition) is 3. The number of rotatable bonds is 6. The molecule has 0 aliphatic heterocycles. The van der Waals surface area contributed by atoms with Gasteiger partial charge in [0.05, 0.1) is 6.54 Å². The van der Waals surface area contributed by atoms with Crippen molar-refractivity contribution in [1.29, 1.82) is 0 Å². The molecule has 3 nitrogen and oxygen atoms in total. The van der Waals surface area contributed by atoms with E-state index >= 15 is 0 Å². The van der Waals surface area contributed by atoms with Crippen LogP contribution in [0.25, 0.3) is 0 Å². The van der Waals surface area contributed by atoms with Crippen molar-refractivity contribution in [2.45, 2.75) is 13.2 Å². The minimum Gasteiger partial charge on any atom is -0.362 e. The number of para-hydroxylation sites is 1. The van der Waals surface area contributed by atoms with E-state index in [0.29, 0.717) is 6.54 Å². The minimum atomic E-state index is -0.162. The van der Waals surface area contributed by atoms with Crippen LogP contribution in [0.3, 0.4) is 0 Å². The molecule has 0 aromatic heterocycles. The van der Waals surface area contributed by atoms with Crippen molar-refractivity contribution in [3.8, 4) is 0 Å². The maximum absolute atomic E-state index is 12.4. The van der Waals surface area contributed by atoms with E-state index in [1.165, 1.54) is 0 Å². The first kappa shape index (κ1) is 14.3. The van der Waals surface area contributed by atoms with Gasteiger partial charge in [0, 0.05) is 18.4 Å². The third-order valence-corrected chi connectivity index (χ3v) is 3.28. The van der Waals surface area contributed by atoms with E-state index in [9.17, 15) is 4.79 Å². The highest BCUT2D eigenvalue weighted by Gasteiger charge is 2.18. The second-order valence-corrected chi connectivity index (χ2v) is 4.59. The number of carbonyl (C=O) groups is 1. The number of ketones is 1. The molecule has 2 aromatic carbocycles. The molecule has 3 heteroatoms. The first-order valence-electron chi connectivity index (χ1n) is 6.65. The van der Waals surface area contributed by atoms with E-state index < -0.39 is 0 Å². The Morgan fingerprint density at radius 1 is 1.05 bits per heavy atom. The SMILES string of the molecule is COC(C)N(CC(=O)c1ccccc1)c1ccccc1. The summed E-state index contributed by atoms with van der Waals surface area (Å²) in [4.78, 5) is 14.3. The smallest absolute Gasteiger partial charge is 0.182 e. The topological polar surface area (TPSA) is 29.5 Å². The molecule has 20 heavy (non-hydrogen) atoms. The summed E-state index contributed by atoms with van der Waals surface area (Å²) in [5.74, 6) is 0.0818. The van der Waals surface area contributed by atoms with Gasteiger partial charge in [-0.1, -0.05) is 48.5 Å². The average molecular weight is 269 g/mol. The van der Waals surface area contributed by atoms with E-state index in [0.717, 1.165) is 11.3 Å². The molecule has 1 unspecified atom stereocenters. The van der Waals surface area contributed by atoms with E-state index in [1.807, 2.05) is 72.5 Å². The van der Waals surface area contributed by atoms with E-state index in [4.69, 9.17) is 4.74 Å². The second kappa shape index (κ2) is 6.87. The fraction of sp³-hybridized carbons (Fsp3) is 0.235. The molecule has 0 saturated carbocycles. The number of carbonyl (C=O) groups excluding carboxylic acids is 1. The zero-order valence-electron chi connectivity index (χ0n) is 11.8. The van der Waals surface area contributed by atoms with Gasteiger partial charge < -0.3 is 9.64 Å². The molecule has 0 heterocycles. The highest BCUT2D eigenvalue weighted by molar-refractivity contribution is 5.99. The Morgan fingerprint density at radius 3 is 2.15 bits per heavy atom. The fourth-order valence-electron chi connectivity index (χ4n) is 2.05. The van der Waals surface area contributed by atoms with Gasteiger partial charge in [0.1, 0.15) is 6.23 Å². The lowest BCUT2D eigenvalue weighted by Gasteiger charge is -2.29. The third kappa shape index (κ3) is 3.45. The average Bonchev–Trinajstić information content (AvgIpc) is 2.53. The molecule has 104 valence electrons. The van der Waals surface area contributed by atoms with Gasteiger partial charge in [-0.05, 0) is 19.1 Å². The van der Waals surface area contributed by atoms with Crippen molar-refractivity contribution in [1.82, 2.24) is 0 Å². The molecule has 2 rings (SSSR count). The Morgan fingerprint density at radius 2 is 1.60 bits per heavy atom. The van der Waals surface area contributed by atoms with Crippen LogP contribution in [0.2, 0.25) is 0 Å². The number of Topliss-reactive ketones (excluding diaryl/α,β-unsaturated/α-hetero) is 1. The van der Waals surface area contributed by atoms with Gasteiger partial charge in [0.2, 0.25) is 0 Å². The number of anilines is 1. The van der Waals surface area contributed by atoms with Crippen LogP contribution >= 0.6 is 0 Å². The molecular weight excluding hydrogens is 250 g/mol. The van der Waals surface area contributed by atoms with Gasteiger partial charge in [-0.15, -0.1) is 0 Å². The minimum absolute atomic E-state index is 0.0818. The number of methoxy groups -OCH3 is 1. The molecule has 0 saturated heterocycles. The van der Waals surface area contributed by atoms with Crippen LogP contribution in [0.5, 0.6) is 0 Å². The normalized spacial score (nSPS) is 11.9. The highest BCUT2D eigenvalue weighted by atomic mass is 16.5. The molecule has 0 radical (unpaired) electrons. The Labute approximate surface area is 119 Å². The first-order valence-corrected chi connectivity index (χ1v) is 6.65. The predicted octanol–water partition coefficient (Wildman–Crippen LogP) is 3.37. The van der Waals surface area contributed by atoms with E-state index in [2.05, 4.69) is 0 Å². The van der Waals surface area contributed by atoms with Crippen LogP contribution in [-0.4, -0.2) is 25.7 Å². The maximum atomic E-state index is 12.4. The van der Waals surface area contributed by atoms with Crippen LogP contribution in [-0.2, 0) is 4.74 Å². The number of benzene rings is 2. The van der Waals surface area contributed by atoms with Gasteiger partial charge in [-0.3, -0.25) is 4.79 Å². The van der Waals surface area contributed by atoms with Crippen molar-refractivity contribution in [3.63, 3.8) is 0 Å². The highest BCUT2D eigenvalue weighted by Crippen LogP contribution is 2.17. The molecule has 0 N–H and O–H groups in total. The van der Waals surface area contributed by atoms with Crippen LogP contribution < -0.4 is 4.90 Å². The van der Waals surface area contributed by atoms with Gasteiger partial charge in [0.25, 0.3) is 0 Å². The molecule has 0 bridgehead atoms. The molecule has 0 spiro atoms. The number of ether oxygens (including phenoxy) is 1. The van der Waals surface area contributed by atoms with Gasteiger partial charge in [0.15, 0.2) is 5.78 Å². The summed E-state index contributed by atoms with van der Waals surface area (Å²) in [6, 6.07) is 19.2. The van der Waals surface area contributed by atoms with E-state index in [1.54, 1.807) is 7.11 Å². The standard InChI is InChI=1S/C17H19NO2/c1-14(20-2)18(16-11-7-4-8-12-16)13-17(19)15-9-5-3-6-10-15/h3-12,14H,13H2,1-2H3. The summed E-state index contributed by atoms with van der Waals surface area (Å²) >= 11 is 0. The van der Waals surface area contributed by atoms with Crippen molar-refractivity contribution in [2.24, 2.45) is 0 Å². The molecular formula is C17H19NO2. The molecule has 2 aromatic rings. The maximum Gasteiger partial charge on any atom is 0.182 e. The first-order chi connectivity index (χ1) is 9.72. The fourth-order valence-corrected chi connectivity index (χ4v) is 2.05. The third-order valence-electron chi connectivity index (χ3n) is 3.28. The summed E-state index contributed by atoms with van der Waals surface area (Å²) in [6.45, 7) is 2.23.